The highest BCUT2D eigenvalue weighted by Crippen LogP contribution is 2.38. The first-order valence-corrected chi connectivity index (χ1v) is 7.63. The molecule has 1 aliphatic carbocycles. The molecular formula is C16H23ClN2O3. The summed E-state index contributed by atoms with van der Waals surface area (Å²) >= 11 is 0. The lowest BCUT2D eigenvalue weighted by atomic mass is 9.94. The Kier molecular flexibility index (Phi) is 5.40. The van der Waals surface area contributed by atoms with Gasteiger partial charge in [0.2, 0.25) is 12.7 Å². The summed E-state index contributed by atoms with van der Waals surface area (Å²) in [6.45, 7) is 2.18. The van der Waals surface area contributed by atoms with Gasteiger partial charge in [-0.1, -0.05) is 32.6 Å². The molecule has 2 aliphatic rings. The van der Waals surface area contributed by atoms with E-state index in [9.17, 15) is 4.79 Å². The maximum Gasteiger partial charge on any atom is 0.231 e. The SMILES string of the molecule is CC(CC1CCCC1)C(=O)Nc1cc2c(cc1N)OCO2.Cl. The molecule has 1 atom stereocenters. The molecule has 1 saturated carbocycles. The van der Waals surface area contributed by atoms with Crippen molar-refractivity contribution in [3.05, 3.63) is 12.1 Å². The Morgan fingerprint density at radius 3 is 2.64 bits per heavy atom. The average molecular weight is 327 g/mol. The fourth-order valence-corrected chi connectivity index (χ4v) is 3.17. The molecule has 3 rings (SSSR count). The minimum atomic E-state index is -0.00192. The molecule has 1 fully saturated rings. The van der Waals surface area contributed by atoms with Crippen molar-refractivity contribution in [3.8, 4) is 11.5 Å². The maximum absolute atomic E-state index is 12.3. The molecule has 0 spiro atoms. The van der Waals surface area contributed by atoms with E-state index in [1.807, 2.05) is 6.92 Å². The Labute approximate surface area is 137 Å². The summed E-state index contributed by atoms with van der Waals surface area (Å²) in [6.07, 6.45) is 6.06. The fraction of sp³-hybridized carbons (Fsp3) is 0.562. The van der Waals surface area contributed by atoms with E-state index < -0.39 is 0 Å². The van der Waals surface area contributed by atoms with Crippen LogP contribution in [0.1, 0.15) is 39.0 Å². The van der Waals surface area contributed by atoms with Gasteiger partial charge < -0.3 is 20.5 Å². The summed E-state index contributed by atoms with van der Waals surface area (Å²) < 4.78 is 10.6. The van der Waals surface area contributed by atoms with E-state index in [1.54, 1.807) is 12.1 Å². The number of nitrogens with one attached hydrogen (secondary N) is 1. The predicted octanol–water partition coefficient (Wildman–Crippen LogP) is 3.57. The number of carbonyl (C=O) groups excluding carboxylic acids is 1. The summed E-state index contributed by atoms with van der Waals surface area (Å²) in [5.74, 6) is 1.97. The number of halogens is 1. The van der Waals surface area contributed by atoms with Gasteiger partial charge in [0, 0.05) is 18.1 Å². The lowest BCUT2D eigenvalue weighted by Crippen LogP contribution is -2.22. The second-order valence-electron chi connectivity index (χ2n) is 6.07. The summed E-state index contributed by atoms with van der Waals surface area (Å²) in [5, 5.41) is 2.91. The molecule has 1 aliphatic heterocycles. The van der Waals surface area contributed by atoms with Gasteiger partial charge in [0.1, 0.15) is 0 Å². The Morgan fingerprint density at radius 2 is 1.95 bits per heavy atom. The van der Waals surface area contributed by atoms with Crippen LogP contribution in [-0.2, 0) is 4.79 Å². The quantitative estimate of drug-likeness (QED) is 0.829. The minimum Gasteiger partial charge on any atom is -0.454 e. The van der Waals surface area contributed by atoms with Gasteiger partial charge in [-0.15, -0.1) is 12.4 Å². The molecule has 6 heteroatoms. The predicted molar refractivity (Wildman–Crippen MR) is 88.6 cm³/mol. The topological polar surface area (TPSA) is 73.6 Å². The van der Waals surface area contributed by atoms with Gasteiger partial charge in [0.15, 0.2) is 11.5 Å². The van der Waals surface area contributed by atoms with Crippen LogP contribution in [0.15, 0.2) is 12.1 Å². The molecule has 0 bridgehead atoms. The third-order valence-electron chi connectivity index (χ3n) is 4.41. The molecule has 3 N–H and O–H groups in total. The third-order valence-corrected chi connectivity index (χ3v) is 4.41. The lowest BCUT2D eigenvalue weighted by molar-refractivity contribution is -0.119. The van der Waals surface area contributed by atoms with Crippen molar-refractivity contribution >= 4 is 29.7 Å². The molecule has 1 aromatic carbocycles. The van der Waals surface area contributed by atoms with E-state index in [4.69, 9.17) is 15.2 Å². The first kappa shape index (κ1) is 16.7. The van der Waals surface area contributed by atoms with E-state index in [0.717, 1.165) is 6.42 Å². The van der Waals surface area contributed by atoms with E-state index in [2.05, 4.69) is 5.32 Å². The zero-order chi connectivity index (χ0) is 14.8. The van der Waals surface area contributed by atoms with E-state index in [1.165, 1.54) is 25.7 Å². The third kappa shape index (κ3) is 3.58. The zero-order valence-electron chi connectivity index (χ0n) is 12.8. The molecule has 22 heavy (non-hydrogen) atoms. The summed E-state index contributed by atoms with van der Waals surface area (Å²) in [7, 11) is 0. The van der Waals surface area contributed by atoms with Crippen molar-refractivity contribution in [2.24, 2.45) is 11.8 Å². The highest BCUT2D eigenvalue weighted by atomic mass is 35.5. The number of amides is 1. The molecule has 0 radical (unpaired) electrons. The number of ether oxygens (including phenoxy) is 2. The largest absolute Gasteiger partial charge is 0.454 e. The van der Waals surface area contributed by atoms with E-state index in [-0.39, 0.29) is 31.0 Å². The number of anilines is 2. The Morgan fingerprint density at radius 1 is 1.32 bits per heavy atom. The van der Waals surface area contributed by atoms with Crippen LogP contribution < -0.4 is 20.5 Å². The molecule has 5 nitrogen and oxygen atoms in total. The second kappa shape index (κ2) is 7.09. The number of benzene rings is 1. The van der Waals surface area contributed by atoms with Gasteiger partial charge in [-0.3, -0.25) is 4.79 Å². The van der Waals surface area contributed by atoms with Crippen LogP contribution in [0, 0.1) is 11.8 Å². The van der Waals surface area contributed by atoms with Crippen molar-refractivity contribution in [2.75, 3.05) is 17.8 Å². The number of hydrogen-bond donors (Lipinski definition) is 2. The summed E-state index contributed by atoms with van der Waals surface area (Å²) in [5.41, 5.74) is 7.06. The highest BCUT2D eigenvalue weighted by molar-refractivity contribution is 5.95. The van der Waals surface area contributed by atoms with Crippen molar-refractivity contribution < 1.29 is 14.3 Å². The molecule has 1 unspecified atom stereocenters. The fourth-order valence-electron chi connectivity index (χ4n) is 3.17. The van der Waals surface area contributed by atoms with Gasteiger partial charge >= 0.3 is 0 Å². The molecule has 0 aromatic heterocycles. The van der Waals surface area contributed by atoms with Crippen molar-refractivity contribution in [2.45, 2.75) is 39.0 Å². The molecule has 1 heterocycles. The van der Waals surface area contributed by atoms with Crippen LogP contribution in [-0.4, -0.2) is 12.7 Å². The standard InChI is InChI=1S/C16H22N2O3.ClH/c1-10(6-11-4-2-3-5-11)16(19)18-13-8-15-14(7-12(13)17)20-9-21-15;/h7-8,10-11H,2-6,9,17H2,1H3,(H,18,19);1H. The molecular weight excluding hydrogens is 304 g/mol. The van der Waals surface area contributed by atoms with Gasteiger partial charge in [0.25, 0.3) is 0 Å². The Balaban J connectivity index is 0.00000176. The van der Waals surface area contributed by atoms with Gasteiger partial charge in [0.05, 0.1) is 11.4 Å². The molecule has 0 saturated heterocycles. The van der Waals surface area contributed by atoms with Gasteiger partial charge in [-0.2, -0.15) is 0 Å². The van der Waals surface area contributed by atoms with Crippen molar-refractivity contribution in [1.82, 2.24) is 0 Å². The smallest absolute Gasteiger partial charge is 0.231 e. The number of fused-ring (bicyclic) bond motifs is 1. The second-order valence-corrected chi connectivity index (χ2v) is 6.07. The zero-order valence-corrected chi connectivity index (χ0v) is 13.6. The van der Waals surface area contributed by atoms with Crippen LogP contribution in [0.25, 0.3) is 0 Å². The number of nitrogen functional groups attached to an aromatic ring is 1. The first-order chi connectivity index (χ1) is 10.1. The van der Waals surface area contributed by atoms with Crippen LogP contribution in [0.2, 0.25) is 0 Å². The first-order valence-electron chi connectivity index (χ1n) is 7.63. The van der Waals surface area contributed by atoms with E-state index >= 15 is 0 Å². The number of rotatable bonds is 4. The number of hydrogen-bond acceptors (Lipinski definition) is 4. The normalized spacial score (nSPS) is 17.9. The monoisotopic (exact) mass is 326 g/mol. The van der Waals surface area contributed by atoms with Crippen LogP contribution in [0.5, 0.6) is 11.5 Å². The Hall–Kier alpha value is -1.62. The van der Waals surface area contributed by atoms with Crippen molar-refractivity contribution in [3.63, 3.8) is 0 Å². The molecule has 1 amide bonds. The average Bonchev–Trinajstić information content (AvgIpc) is 3.10. The lowest BCUT2D eigenvalue weighted by Gasteiger charge is -2.17. The number of carbonyl (C=O) groups is 1. The van der Waals surface area contributed by atoms with Gasteiger partial charge in [-0.05, 0) is 12.3 Å². The maximum atomic E-state index is 12.3. The Bertz CT molecular complexity index is 544. The molecule has 122 valence electrons. The van der Waals surface area contributed by atoms with Crippen LogP contribution in [0.3, 0.4) is 0 Å². The van der Waals surface area contributed by atoms with Gasteiger partial charge in [-0.25, -0.2) is 0 Å². The summed E-state index contributed by atoms with van der Waals surface area (Å²) in [4.78, 5) is 12.3. The summed E-state index contributed by atoms with van der Waals surface area (Å²) in [6, 6.07) is 3.43. The van der Waals surface area contributed by atoms with Crippen molar-refractivity contribution in [1.29, 1.82) is 0 Å². The number of nitrogens with two attached hydrogens (primary N) is 1. The van der Waals surface area contributed by atoms with Crippen LogP contribution >= 0.6 is 12.4 Å². The minimum absolute atomic E-state index is 0. The molecule has 1 aromatic rings. The van der Waals surface area contributed by atoms with E-state index in [0.29, 0.717) is 28.8 Å². The highest BCUT2D eigenvalue weighted by Gasteiger charge is 2.23. The van der Waals surface area contributed by atoms with Crippen LogP contribution in [0.4, 0.5) is 11.4 Å².